The minimum Gasteiger partial charge on any atom is -0.318 e. The van der Waals surface area contributed by atoms with E-state index >= 15 is 0 Å². The molecule has 0 radical (unpaired) electrons. The van der Waals surface area contributed by atoms with Crippen molar-refractivity contribution >= 4 is 11.7 Å². The van der Waals surface area contributed by atoms with Crippen LogP contribution in [0, 0.1) is 0 Å². The van der Waals surface area contributed by atoms with Crippen molar-refractivity contribution in [1.29, 1.82) is 0 Å². The Kier molecular flexibility index (Phi) is 4.14. The first-order valence-corrected chi connectivity index (χ1v) is 6.48. The van der Waals surface area contributed by atoms with Crippen LogP contribution in [0.3, 0.4) is 0 Å². The fraction of sp³-hybridized carbons (Fsp3) is 0.357. The number of amides is 1. The number of aryl methyl sites for hydroxylation is 2. The van der Waals surface area contributed by atoms with Gasteiger partial charge in [-0.1, -0.05) is 0 Å². The van der Waals surface area contributed by atoms with E-state index in [0.717, 1.165) is 13.0 Å². The van der Waals surface area contributed by atoms with Crippen molar-refractivity contribution < 1.29 is 4.79 Å². The number of aromatic nitrogens is 3. The van der Waals surface area contributed by atoms with Crippen molar-refractivity contribution in [3.63, 3.8) is 0 Å². The van der Waals surface area contributed by atoms with Crippen molar-refractivity contribution in [2.45, 2.75) is 32.4 Å². The third kappa shape index (κ3) is 3.89. The largest absolute Gasteiger partial charge is 0.318 e. The first-order valence-electron chi connectivity index (χ1n) is 6.48. The van der Waals surface area contributed by atoms with Crippen LogP contribution in [-0.4, -0.2) is 26.2 Å². The average molecular weight is 273 g/mol. The summed E-state index contributed by atoms with van der Waals surface area (Å²) in [6, 6.07) is 5.71. The molecular weight excluding hydrogens is 254 g/mol. The van der Waals surface area contributed by atoms with E-state index in [-0.39, 0.29) is 5.91 Å². The molecule has 0 bridgehead atoms. The predicted molar refractivity (Wildman–Crippen MR) is 77.1 cm³/mol. The molecule has 2 aromatic rings. The molecule has 0 saturated heterocycles. The highest BCUT2D eigenvalue weighted by Crippen LogP contribution is 2.07. The molecule has 2 aromatic heterocycles. The lowest BCUT2D eigenvalue weighted by Gasteiger charge is -2.16. The summed E-state index contributed by atoms with van der Waals surface area (Å²) in [5.41, 5.74) is 6.00. The van der Waals surface area contributed by atoms with E-state index in [2.05, 4.69) is 15.4 Å². The molecule has 0 fully saturated rings. The normalized spacial score (nSPS) is 11.3. The molecule has 0 aromatic carbocycles. The summed E-state index contributed by atoms with van der Waals surface area (Å²) in [4.78, 5) is 15.7. The van der Waals surface area contributed by atoms with Crippen molar-refractivity contribution in [2.24, 2.45) is 5.73 Å². The Labute approximate surface area is 118 Å². The number of nitrogens with one attached hydrogen (secondary N) is 1. The predicted octanol–water partition coefficient (Wildman–Crippen LogP) is 1.20. The topological polar surface area (TPSA) is 85.8 Å². The van der Waals surface area contributed by atoms with Gasteiger partial charge < -0.3 is 11.1 Å². The average Bonchev–Trinajstić information content (AvgIpc) is 2.84. The van der Waals surface area contributed by atoms with Gasteiger partial charge in [-0.15, -0.1) is 0 Å². The zero-order valence-electron chi connectivity index (χ0n) is 11.7. The summed E-state index contributed by atoms with van der Waals surface area (Å²) in [7, 11) is 0. The Hall–Kier alpha value is -2.21. The SMILES string of the molecule is CC(C)(N)C(=O)Nc1ccn(CCc2ccncc2)n1. The molecule has 0 aliphatic carbocycles. The second kappa shape index (κ2) is 5.83. The van der Waals surface area contributed by atoms with Crippen LogP contribution >= 0.6 is 0 Å². The Morgan fingerprint density at radius 2 is 2.05 bits per heavy atom. The highest BCUT2D eigenvalue weighted by Gasteiger charge is 2.22. The van der Waals surface area contributed by atoms with Crippen LogP contribution in [0.25, 0.3) is 0 Å². The highest BCUT2D eigenvalue weighted by molar-refractivity contribution is 5.96. The quantitative estimate of drug-likeness (QED) is 0.857. The molecule has 0 atom stereocenters. The minimum absolute atomic E-state index is 0.253. The van der Waals surface area contributed by atoms with Crippen LogP contribution in [0.15, 0.2) is 36.8 Å². The fourth-order valence-electron chi connectivity index (χ4n) is 1.62. The Balaban J connectivity index is 1.91. The van der Waals surface area contributed by atoms with Crippen LogP contribution in [0.5, 0.6) is 0 Å². The first-order chi connectivity index (χ1) is 9.45. The smallest absolute Gasteiger partial charge is 0.245 e. The van der Waals surface area contributed by atoms with E-state index in [4.69, 9.17) is 5.73 Å². The van der Waals surface area contributed by atoms with Gasteiger partial charge in [0.25, 0.3) is 0 Å². The van der Waals surface area contributed by atoms with E-state index in [0.29, 0.717) is 5.82 Å². The molecule has 2 rings (SSSR count). The summed E-state index contributed by atoms with van der Waals surface area (Å²) in [6.45, 7) is 4.05. The summed E-state index contributed by atoms with van der Waals surface area (Å²) >= 11 is 0. The third-order valence-corrected chi connectivity index (χ3v) is 2.85. The number of nitrogens with two attached hydrogens (primary N) is 1. The van der Waals surface area contributed by atoms with Crippen molar-refractivity contribution in [1.82, 2.24) is 14.8 Å². The lowest BCUT2D eigenvalue weighted by molar-refractivity contribution is -0.120. The number of carbonyl (C=O) groups excluding carboxylic acids is 1. The first kappa shape index (κ1) is 14.2. The van der Waals surface area contributed by atoms with Crippen LogP contribution in [0.4, 0.5) is 5.82 Å². The van der Waals surface area contributed by atoms with Crippen LogP contribution in [0.1, 0.15) is 19.4 Å². The molecule has 0 aliphatic rings. The standard InChI is InChI=1S/C14H19N5O/c1-14(2,15)13(20)17-12-6-10-19(18-12)9-5-11-3-7-16-8-4-11/h3-4,6-8,10H,5,9,15H2,1-2H3,(H,17,18,20). The number of nitrogens with zero attached hydrogens (tertiary/aromatic N) is 3. The lowest BCUT2D eigenvalue weighted by atomic mass is 10.1. The van der Waals surface area contributed by atoms with Crippen LogP contribution in [0.2, 0.25) is 0 Å². The molecule has 6 heteroatoms. The van der Waals surface area contributed by atoms with Gasteiger partial charge in [0.2, 0.25) is 5.91 Å². The zero-order chi connectivity index (χ0) is 14.6. The van der Waals surface area contributed by atoms with E-state index < -0.39 is 5.54 Å². The van der Waals surface area contributed by atoms with Gasteiger partial charge in [0, 0.05) is 31.2 Å². The van der Waals surface area contributed by atoms with Crippen LogP contribution < -0.4 is 11.1 Å². The van der Waals surface area contributed by atoms with Gasteiger partial charge in [-0.2, -0.15) is 5.10 Å². The van der Waals surface area contributed by atoms with Crippen LogP contribution in [-0.2, 0) is 17.8 Å². The van der Waals surface area contributed by atoms with Gasteiger partial charge in [-0.05, 0) is 38.0 Å². The highest BCUT2D eigenvalue weighted by atomic mass is 16.2. The van der Waals surface area contributed by atoms with Gasteiger partial charge in [0.15, 0.2) is 5.82 Å². The van der Waals surface area contributed by atoms with Gasteiger partial charge in [-0.3, -0.25) is 14.5 Å². The summed E-state index contributed by atoms with van der Waals surface area (Å²) in [6.07, 6.45) is 6.24. The monoisotopic (exact) mass is 273 g/mol. The molecule has 1 amide bonds. The Bertz CT molecular complexity index is 571. The number of hydrogen-bond donors (Lipinski definition) is 2. The second-order valence-corrected chi connectivity index (χ2v) is 5.25. The fourth-order valence-corrected chi connectivity index (χ4v) is 1.62. The van der Waals surface area contributed by atoms with Crippen molar-refractivity contribution in [3.05, 3.63) is 42.4 Å². The van der Waals surface area contributed by atoms with Crippen molar-refractivity contribution in [2.75, 3.05) is 5.32 Å². The summed E-state index contributed by atoms with van der Waals surface area (Å²) < 4.78 is 1.79. The summed E-state index contributed by atoms with van der Waals surface area (Å²) in [5, 5.41) is 6.99. The number of pyridine rings is 1. The molecule has 20 heavy (non-hydrogen) atoms. The molecule has 6 nitrogen and oxygen atoms in total. The van der Waals surface area contributed by atoms with Gasteiger partial charge in [0.1, 0.15) is 0 Å². The maximum absolute atomic E-state index is 11.7. The number of hydrogen-bond acceptors (Lipinski definition) is 4. The number of carbonyl (C=O) groups is 1. The van der Waals surface area contributed by atoms with Gasteiger partial charge in [0.05, 0.1) is 5.54 Å². The second-order valence-electron chi connectivity index (χ2n) is 5.25. The lowest BCUT2D eigenvalue weighted by Crippen LogP contribution is -2.45. The zero-order valence-corrected chi connectivity index (χ0v) is 11.7. The van der Waals surface area contributed by atoms with Gasteiger partial charge in [-0.25, -0.2) is 0 Å². The number of rotatable bonds is 5. The van der Waals surface area contributed by atoms with E-state index in [1.54, 1.807) is 37.0 Å². The van der Waals surface area contributed by atoms with E-state index in [9.17, 15) is 4.79 Å². The molecule has 2 heterocycles. The van der Waals surface area contributed by atoms with Crippen molar-refractivity contribution in [3.8, 4) is 0 Å². The molecule has 0 spiro atoms. The molecular formula is C14H19N5O. The Morgan fingerprint density at radius 1 is 1.35 bits per heavy atom. The molecule has 0 unspecified atom stereocenters. The molecule has 0 aliphatic heterocycles. The maximum atomic E-state index is 11.7. The number of anilines is 1. The summed E-state index contributed by atoms with van der Waals surface area (Å²) in [5.74, 6) is 0.264. The molecule has 0 saturated carbocycles. The third-order valence-electron chi connectivity index (χ3n) is 2.85. The maximum Gasteiger partial charge on any atom is 0.245 e. The van der Waals surface area contributed by atoms with E-state index in [1.165, 1.54) is 5.56 Å². The van der Waals surface area contributed by atoms with Gasteiger partial charge >= 0.3 is 0 Å². The molecule has 106 valence electrons. The molecule has 3 N–H and O–H groups in total. The Morgan fingerprint density at radius 3 is 2.70 bits per heavy atom. The minimum atomic E-state index is -0.916. The van der Waals surface area contributed by atoms with E-state index in [1.807, 2.05) is 18.3 Å².